The number of aromatic nitrogens is 1. The summed E-state index contributed by atoms with van der Waals surface area (Å²) in [6.07, 6.45) is 0. The molecule has 19 heavy (non-hydrogen) atoms. The Kier molecular flexibility index (Phi) is 5.29. The zero-order chi connectivity index (χ0) is 14.6. The van der Waals surface area contributed by atoms with Crippen molar-refractivity contribution in [2.24, 2.45) is 5.92 Å². The van der Waals surface area contributed by atoms with E-state index in [-0.39, 0.29) is 12.0 Å². The van der Waals surface area contributed by atoms with E-state index in [9.17, 15) is 9.59 Å². The number of carboxylic acids is 1. The first kappa shape index (κ1) is 15.4. The van der Waals surface area contributed by atoms with Crippen molar-refractivity contribution in [3.8, 4) is 0 Å². The minimum atomic E-state index is -1.04. The van der Waals surface area contributed by atoms with Crippen LogP contribution in [0.4, 0.5) is 4.79 Å². The Hall–Kier alpha value is -1.63. The molecule has 2 amide bonds. The molecule has 3 N–H and O–H groups in total. The van der Waals surface area contributed by atoms with Gasteiger partial charge in [-0.3, -0.25) is 0 Å². The molecular formula is C12H19N3O3S. The minimum absolute atomic E-state index is 0.180. The number of amides is 2. The second-order valence-corrected chi connectivity index (χ2v) is 5.75. The maximum absolute atomic E-state index is 11.7. The number of carboxylic acid groups (broad SMARTS) is 1. The van der Waals surface area contributed by atoms with E-state index in [1.54, 1.807) is 20.8 Å². The Morgan fingerprint density at radius 3 is 2.37 bits per heavy atom. The second-order valence-electron chi connectivity index (χ2n) is 4.69. The van der Waals surface area contributed by atoms with Crippen LogP contribution in [-0.2, 0) is 4.79 Å². The highest BCUT2D eigenvalue weighted by atomic mass is 32.1. The molecular weight excluding hydrogens is 266 g/mol. The second kappa shape index (κ2) is 6.51. The number of urea groups is 1. The lowest BCUT2D eigenvalue weighted by atomic mass is 10.1. The van der Waals surface area contributed by atoms with Gasteiger partial charge in [-0.1, -0.05) is 13.8 Å². The quantitative estimate of drug-likeness (QED) is 0.770. The van der Waals surface area contributed by atoms with Crippen LogP contribution in [0.25, 0.3) is 0 Å². The van der Waals surface area contributed by atoms with E-state index in [4.69, 9.17) is 5.11 Å². The van der Waals surface area contributed by atoms with Crippen LogP contribution in [0, 0.1) is 12.8 Å². The average molecular weight is 285 g/mol. The summed E-state index contributed by atoms with van der Waals surface area (Å²) in [6, 6.07) is -1.66. The molecule has 0 bridgehead atoms. The first-order valence-electron chi connectivity index (χ1n) is 6.03. The number of rotatable bonds is 5. The van der Waals surface area contributed by atoms with Crippen molar-refractivity contribution in [1.29, 1.82) is 0 Å². The maximum Gasteiger partial charge on any atom is 0.326 e. The zero-order valence-electron chi connectivity index (χ0n) is 11.4. The minimum Gasteiger partial charge on any atom is -0.480 e. The fourth-order valence-electron chi connectivity index (χ4n) is 1.55. The fraction of sp³-hybridized carbons (Fsp3) is 0.583. The topological polar surface area (TPSA) is 91.3 Å². The van der Waals surface area contributed by atoms with Gasteiger partial charge in [0, 0.05) is 5.38 Å². The molecule has 106 valence electrons. The third-order valence-corrected chi connectivity index (χ3v) is 3.44. The smallest absolute Gasteiger partial charge is 0.326 e. The highest BCUT2D eigenvalue weighted by Gasteiger charge is 2.24. The van der Waals surface area contributed by atoms with Gasteiger partial charge in [0.25, 0.3) is 0 Å². The number of hydrogen-bond donors (Lipinski definition) is 3. The number of aryl methyl sites for hydroxylation is 1. The number of nitrogens with one attached hydrogen (secondary N) is 2. The molecule has 1 heterocycles. The maximum atomic E-state index is 11.7. The largest absolute Gasteiger partial charge is 0.480 e. The molecule has 0 fully saturated rings. The molecule has 0 aliphatic rings. The van der Waals surface area contributed by atoms with Crippen molar-refractivity contribution in [2.75, 3.05) is 0 Å². The molecule has 1 aromatic heterocycles. The summed E-state index contributed by atoms with van der Waals surface area (Å²) in [6.45, 7) is 7.18. The summed E-state index contributed by atoms with van der Waals surface area (Å²) in [4.78, 5) is 27.0. The zero-order valence-corrected chi connectivity index (χ0v) is 12.2. The molecule has 6 nitrogen and oxygen atoms in total. The average Bonchev–Trinajstić information content (AvgIpc) is 2.72. The van der Waals surface area contributed by atoms with E-state index >= 15 is 0 Å². The van der Waals surface area contributed by atoms with Crippen molar-refractivity contribution < 1.29 is 14.7 Å². The Morgan fingerprint density at radius 2 is 1.95 bits per heavy atom. The van der Waals surface area contributed by atoms with E-state index in [2.05, 4.69) is 15.6 Å². The van der Waals surface area contributed by atoms with E-state index in [1.807, 2.05) is 12.3 Å². The number of hydrogen-bond acceptors (Lipinski definition) is 4. The van der Waals surface area contributed by atoms with Gasteiger partial charge in [0.2, 0.25) is 0 Å². The molecule has 0 saturated heterocycles. The van der Waals surface area contributed by atoms with Crippen LogP contribution >= 0.6 is 11.3 Å². The van der Waals surface area contributed by atoms with Crippen LogP contribution in [0.1, 0.15) is 37.5 Å². The Labute approximate surface area is 116 Å². The van der Waals surface area contributed by atoms with Crippen molar-refractivity contribution in [3.63, 3.8) is 0 Å². The lowest BCUT2D eigenvalue weighted by molar-refractivity contribution is -0.140. The summed E-state index contributed by atoms with van der Waals surface area (Å²) in [5.41, 5.74) is 0.772. The van der Waals surface area contributed by atoms with Crippen molar-refractivity contribution in [2.45, 2.75) is 39.8 Å². The number of carbonyl (C=O) groups excluding carboxylic acids is 1. The monoisotopic (exact) mass is 285 g/mol. The van der Waals surface area contributed by atoms with Crippen molar-refractivity contribution >= 4 is 23.3 Å². The van der Waals surface area contributed by atoms with Crippen LogP contribution in [0.5, 0.6) is 0 Å². The molecule has 0 spiro atoms. The lowest BCUT2D eigenvalue weighted by Gasteiger charge is -2.20. The van der Waals surface area contributed by atoms with Gasteiger partial charge >= 0.3 is 12.0 Å². The molecule has 0 radical (unpaired) electrons. The molecule has 1 aromatic rings. The first-order valence-corrected chi connectivity index (χ1v) is 6.91. The molecule has 7 heteroatoms. The van der Waals surface area contributed by atoms with Gasteiger partial charge in [-0.25, -0.2) is 14.6 Å². The third-order valence-electron chi connectivity index (χ3n) is 2.65. The standard InChI is InChI=1S/C12H19N3O3S/c1-6(2)10(11(16)17)15-12(18)13-7(3)9-5-19-8(4)14-9/h5-7,10H,1-4H3,(H,16,17)(H2,13,15,18)/t7?,10-/m0/s1. The number of nitrogens with zero attached hydrogens (tertiary/aromatic N) is 1. The molecule has 1 rings (SSSR count). The van der Waals surface area contributed by atoms with Crippen LogP contribution in [0.2, 0.25) is 0 Å². The highest BCUT2D eigenvalue weighted by Crippen LogP contribution is 2.15. The van der Waals surface area contributed by atoms with Gasteiger partial charge in [0.15, 0.2) is 0 Å². The van der Waals surface area contributed by atoms with Gasteiger partial charge in [-0.15, -0.1) is 11.3 Å². The molecule has 2 atom stereocenters. The van der Waals surface area contributed by atoms with Crippen molar-refractivity contribution in [3.05, 3.63) is 16.1 Å². The van der Waals surface area contributed by atoms with E-state index in [1.165, 1.54) is 11.3 Å². The molecule has 0 aliphatic heterocycles. The van der Waals surface area contributed by atoms with Crippen LogP contribution < -0.4 is 10.6 Å². The molecule has 0 saturated carbocycles. The normalized spacial score (nSPS) is 13.9. The van der Waals surface area contributed by atoms with Gasteiger partial charge in [-0.2, -0.15) is 0 Å². The fourth-order valence-corrected chi connectivity index (χ4v) is 2.25. The Bertz CT molecular complexity index is 459. The predicted octanol–water partition coefficient (Wildman–Crippen LogP) is 1.92. The summed E-state index contributed by atoms with van der Waals surface area (Å²) in [5, 5.41) is 16.9. The van der Waals surface area contributed by atoms with Gasteiger partial charge in [-0.05, 0) is 19.8 Å². The van der Waals surface area contributed by atoms with Crippen LogP contribution in [-0.4, -0.2) is 28.1 Å². The van der Waals surface area contributed by atoms with Crippen LogP contribution in [0.3, 0.4) is 0 Å². The van der Waals surface area contributed by atoms with E-state index in [0.29, 0.717) is 0 Å². The number of thiazole rings is 1. The summed E-state index contributed by atoms with van der Waals surface area (Å²) in [5.74, 6) is -1.22. The predicted molar refractivity (Wildman–Crippen MR) is 73.2 cm³/mol. The van der Waals surface area contributed by atoms with Gasteiger partial charge in [0.05, 0.1) is 16.7 Å². The molecule has 0 aromatic carbocycles. The van der Waals surface area contributed by atoms with Crippen LogP contribution in [0.15, 0.2) is 5.38 Å². The first-order chi connectivity index (χ1) is 8.81. The highest BCUT2D eigenvalue weighted by molar-refractivity contribution is 7.09. The third kappa shape index (κ3) is 4.51. The summed E-state index contributed by atoms with van der Waals surface area (Å²) < 4.78 is 0. The SMILES string of the molecule is Cc1nc(C(C)NC(=O)N[C@H](C(=O)O)C(C)C)cs1. The molecule has 1 unspecified atom stereocenters. The number of aliphatic carboxylic acids is 1. The summed E-state index contributed by atoms with van der Waals surface area (Å²) >= 11 is 1.51. The Balaban J connectivity index is 2.57. The number of carbonyl (C=O) groups is 2. The molecule has 0 aliphatic carbocycles. The Morgan fingerprint density at radius 1 is 1.32 bits per heavy atom. The van der Waals surface area contributed by atoms with E-state index < -0.39 is 18.0 Å². The summed E-state index contributed by atoms with van der Waals surface area (Å²) in [7, 11) is 0. The van der Waals surface area contributed by atoms with Gasteiger partial charge < -0.3 is 15.7 Å². The van der Waals surface area contributed by atoms with Crippen molar-refractivity contribution in [1.82, 2.24) is 15.6 Å². The van der Waals surface area contributed by atoms with Gasteiger partial charge in [0.1, 0.15) is 6.04 Å². The van der Waals surface area contributed by atoms with E-state index in [0.717, 1.165) is 10.7 Å². The lowest BCUT2D eigenvalue weighted by Crippen LogP contribution is -2.49.